The molecule has 6 heteroatoms. The van der Waals surface area contributed by atoms with E-state index in [0.717, 1.165) is 31.2 Å². The predicted molar refractivity (Wildman–Crippen MR) is 103 cm³/mol. The van der Waals surface area contributed by atoms with E-state index in [4.69, 9.17) is 0 Å². The molecule has 1 saturated heterocycles. The second kappa shape index (κ2) is 8.01. The molecule has 3 rings (SSSR count). The summed E-state index contributed by atoms with van der Waals surface area (Å²) in [5.74, 6) is -0.211. The highest BCUT2D eigenvalue weighted by molar-refractivity contribution is 7.89. The molecular weight excluding hydrogens is 348 g/mol. The Balaban J connectivity index is 1.79. The lowest BCUT2D eigenvalue weighted by atomic mass is 10.1. The monoisotopic (exact) mass is 372 g/mol. The minimum Gasteiger partial charge on any atom is -0.322 e. The van der Waals surface area contributed by atoms with Gasteiger partial charge in [-0.15, -0.1) is 0 Å². The number of nitrogens with zero attached hydrogens (tertiary/aromatic N) is 1. The van der Waals surface area contributed by atoms with E-state index in [1.807, 2.05) is 13.0 Å². The number of nitrogens with one attached hydrogen (secondary N) is 1. The van der Waals surface area contributed by atoms with Gasteiger partial charge in [0.2, 0.25) is 10.0 Å². The average Bonchev–Trinajstić information content (AvgIpc) is 2.94. The van der Waals surface area contributed by atoms with Gasteiger partial charge in [-0.25, -0.2) is 8.42 Å². The maximum Gasteiger partial charge on any atom is 0.255 e. The Morgan fingerprint density at radius 3 is 2.23 bits per heavy atom. The molecule has 1 fully saturated rings. The molecule has 0 aromatic heterocycles. The van der Waals surface area contributed by atoms with E-state index < -0.39 is 10.0 Å². The number of hydrogen-bond acceptors (Lipinski definition) is 3. The first kappa shape index (κ1) is 18.6. The van der Waals surface area contributed by atoms with Crippen molar-refractivity contribution in [3.63, 3.8) is 0 Å². The molecule has 0 radical (unpaired) electrons. The highest BCUT2D eigenvalue weighted by Gasteiger charge is 2.25. The van der Waals surface area contributed by atoms with E-state index in [9.17, 15) is 13.2 Å². The first-order valence-electron chi connectivity index (χ1n) is 8.96. The van der Waals surface area contributed by atoms with Crippen molar-refractivity contribution in [1.29, 1.82) is 0 Å². The van der Waals surface area contributed by atoms with E-state index in [1.165, 1.54) is 0 Å². The number of anilines is 1. The van der Waals surface area contributed by atoms with Crippen molar-refractivity contribution in [2.45, 2.75) is 37.5 Å². The smallest absolute Gasteiger partial charge is 0.255 e. The first-order valence-corrected chi connectivity index (χ1v) is 10.4. The summed E-state index contributed by atoms with van der Waals surface area (Å²) in [6.07, 6.45) is 3.97. The fourth-order valence-corrected chi connectivity index (χ4v) is 4.75. The van der Waals surface area contributed by atoms with E-state index in [0.29, 0.717) is 24.3 Å². The standard InChI is InChI=1S/C20H24N2O3S/c1-16-15-18(26(24,25)22-13-7-2-3-8-14-22)11-12-19(16)21-20(23)17-9-5-4-6-10-17/h4-6,9-12,15H,2-3,7-8,13-14H2,1H3,(H,21,23). The molecule has 1 N–H and O–H groups in total. The SMILES string of the molecule is Cc1cc(S(=O)(=O)N2CCCCCC2)ccc1NC(=O)c1ccccc1. The van der Waals surface area contributed by atoms with Gasteiger partial charge < -0.3 is 5.32 Å². The van der Waals surface area contributed by atoms with Crippen LogP contribution in [0.2, 0.25) is 0 Å². The minimum atomic E-state index is -3.48. The van der Waals surface area contributed by atoms with E-state index in [1.54, 1.807) is 46.8 Å². The van der Waals surface area contributed by atoms with Crippen LogP contribution in [0.4, 0.5) is 5.69 Å². The summed E-state index contributed by atoms with van der Waals surface area (Å²) in [7, 11) is -3.48. The van der Waals surface area contributed by atoms with Crippen molar-refractivity contribution in [1.82, 2.24) is 4.31 Å². The van der Waals surface area contributed by atoms with Crippen LogP contribution in [-0.4, -0.2) is 31.7 Å². The van der Waals surface area contributed by atoms with Gasteiger partial charge in [0.25, 0.3) is 5.91 Å². The third kappa shape index (κ3) is 4.14. The van der Waals surface area contributed by atoms with Crippen LogP contribution in [0.5, 0.6) is 0 Å². The molecule has 2 aromatic carbocycles. The summed E-state index contributed by atoms with van der Waals surface area (Å²) in [6, 6.07) is 13.8. The largest absolute Gasteiger partial charge is 0.322 e. The fraction of sp³-hybridized carbons (Fsp3) is 0.350. The van der Waals surface area contributed by atoms with Gasteiger partial charge >= 0.3 is 0 Å². The Bertz CT molecular complexity index is 871. The molecule has 0 spiro atoms. The lowest BCUT2D eigenvalue weighted by Gasteiger charge is -2.20. The Labute approximate surface area is 155 Å². The normalized spacial score (nSPS) is 16.0. The zero-order valence-corrected chi connectivity index (χ0v) is 15.8. The van der Waals surface area contributed by atoms with Gasteiger partial charge in [-0.2, -0.15) is 4.31 Å². The molecule has 5 nitrogen and oxygen atoms in total. The number of sulfonamides is 1. The van der Waals surface area contributed by atoms with Gasteiger partial charge in [0, 0.05) is 24.3 Å². The van der Waals surface area contributed by atoms with Crippen LogP contribution in [0.1, 0.15) is 41.6 Å². The zero-order chi connectivity index (χ0) is 18.6. The van der Waals surface area contributed by atoms with E-state index in [2.05, 4.69) is 5.32 Å². The van der Waals surface area contributed by atoms with Crippen LogP contribution >= 0.6 is 0 Å². The van der Waals surface area contributed by atoms with E-state index in [-0.39, 0.29) is 10.8 Å². The van der Waals surface area contributed by atoms with Gasteiger partial charge in [0.05, 0.1) is 4.90 Å². The van der Waals surface area contributed by atoms with E-state index >= 15 is 0 Å². The average molecular weight is 372 g/mol. The first-order chi connectivity index (χ1) is 12.5. The molecule has 0 atom stereocenters. The van der Waals surface area contributed by atoms with Crippen LogP contribution in [0.25, 0.3) is 0 Å². The molecule has 1 amide bonds. The molecule has 2 aromatic rings. The number of carbonyl (C=O) groups excluding carboxylic acids is 1. The Morgan fingerprint density at radius 1 is 0.962 bits per heavy atom. The Hall–Kier alpha value is -2.18. The molecule has 138 valence electrons. The molecule has 1 heterocycles. The van der Waals surface area contributed by atoms with Crippen LogP contribution in [-0.2, 0) is 10.0 Å². The van der Waals surface area contributed by atoms with Crippen molar-refractivity contribution in [2.24, 2.45) is 0 Å². The fourth-order valence-electron chi connectivity index (χ4n) is 3.15. The Morgan fingerprint density at radius 2 is 1.62 bits per heavy atom. The van der Waals surface area contributed by atoms with Gasteiger partial charge in [-0.05, 0) is 55.7 Å². The number of hydrogen-bond donors (Lipinski definition) is 1. The highest BCUT2D eigenvalue weighted by Crippen LogP contribution is 2.24. The lowest BCUT2D eigenvalue weighted by Crippen LogP contribution is -2.32. The lowest BCUT2D eigenvalue weighted by molar-refractivity contribution is 0.102. The van der Waals surface area contributed by atoms with Crippen molar-refractivity contribution < 1.29 is 13.2 Å². The van der Waals surface area contributed by atoms with Crippen LogP contribution in [0.15, 0.2) is 53.4 Å². The molecular formula is C20H24N2O3S. The quantitative estimate of drug-likeness (QED) is 0.887. The van der Waals surface area contributed by atoms with Crippen molar-refractivity contribution in [3.05, 3.63) is 59.7 Å². The summed E-state index contributed by atoms with van der Waals surface area (Å²) < 4.78 is 27.4. The van der Waals surface area contributed by atoms with Crippen molar-refractivity contribution in [2.75, 3.05) is 18.4 Å². The molecule has 0 bridgehead atoms. The molecule has 26 heavy (non-hydrogen) atoms. The molecule has 1 aliphatic rings. The van der Waals surface area contributed by atoms with Gasteiger partial charge in [-0.1, -0.05) is 31.0 Å². The van der Waals surface area contributed by atoms with Crippen molar-refractivity contribution >= 4 is 21.6 Å². The molecule has 0 unspecified atom stereocenters. The van der Waals surface area contributed by atoms with Crippen LogP contribution in [0, 0.1) is 6.92 Å². The number of rotatable bonds is 4. The van der Waals surface area contributed by atoms with Gasteiger partial charge in [0.15, 0.2) is 0 Å². The summed E-state index contributed by atoms with van der Waals surface area (Å²) in [5, 5.41) is 2.85. The second-order valence-corrected chi connectivity index (χ2v) is 8.55. The molecule has 0 aliphatic carbocycles. The van der Waals surface area contributed by atoms with Crippen molar-refractivity contribution in [3.8, 4) is 0 Å². The molecule has 1 aliphatic heterocycles. The van der Waals surface area contributed by atoms with Gasteiger partial charge in [0.1, 0.15) is 0 Å². The van der Waals surface area contributed by atoms with Crippen LogP contribution in [0.3, 0.4) is 0 Å². The van der Waals surface area contributed by atoms with Gasteiger partial charge in [-0.3, -0.25) is 4.79 Å². The zero-order valence-electron chi connectivity index (χ0n) is 14.9. The number of aryl methyl sites for hydroxylation is 1. The summed E-state index contributed by atoms with van der Waals surface area (Å²) in [5.41, 5.74) is 1.91. The predicted octanol–water partition coefficient (Wildman–Crippen LogP) is 3.81. The maximum absolute atomic E-state index is 12.9. The topological polar surface area (TPSA) is 66.5 Å². The maximum atomic E-state index is 12.9. The minimum absolute atomic E-state index is 0.211. The third-order valence-electron chi connectivity index (χ3n) is 4.68. The Kier molecular flexibility index (Phi) is 5.74. The third-order valence-corrected chi connectivity index (χ3v) is 6.58. The second-order valence-electron chi connectivity index (χ2n) is 6.62. The summed E-state index contributed by atoms with van der Waals surface area (Å²) in [4.78, 5) is 12.6. The number of benzene rings is 2. The number of carbonyl (C=O) groups is 1. The highest BCUT2D eigenvalue weighted by atomic mass is 32.2. The van der Waals surface area contributed by atoms with Crippen LogP contribution < -0.4 is 5.32 Å². The summed E-state index contributed by atoms with van der Waals surface area (Å²) >= 11 is 0. The number of amides is 1. The molecule has 0 saturated carbocycles. The summed E-state index contributed by atoms with van der Waals surface area (Å²) in [6.45, 7) is 2.96.